The molecule has 0 unspecified atom stereocenters. The van der Waals surface area contributed by atoms with Gasteiger partial charge in [-0.3, -0.25) is 4.79 Å². The van der Waals surface area contributed by atoms with Gasteiger partial charge in [0.2, 0.25) is 5.91 Å². The van der Waals surface area contributed by atoms with Crippen LogP contribution in [0.3, 0.4) is 0 Å². The lowest BCUT2D eigenvalue weighted by molar-refractivity contribution is -0.125. The molecule has 1 amide bonds. The van der Waals surface area contributed by atoms with Crippen molar-refractivity contribution in [2.75, 3.05) is 21.3 Å². The Hall–Kier alpha value is -2.69. The summed E-state index contributed by atoms with van der Waals surface area (Å²) in [6, 6.07) is 9.07. The first-order valence-corrected chi connectivity index (χ1v) is 6.81. The fourth-order valence-corrected chi connectivity index (χ4v) is 1.96. The molecule has 0 radical (unpaired) electrons. The zero-order valence-corrected chi connectivity index (χ0v) is 12.9. The van der Waals surface area contributed by atoms with E-state index in [9.17, 15) is 4.79 Å². The van der Waals surface area contributed by atoms with E-state index in [2.05, 4.69) is 0 Å². The Morgan fingerprint density at radius 3 is 2.73 bits per heavy atom. The average Bonchev–Trinajstić information content (AvgIpc) is 3.05. The monoisotopic (exact) mass is 301 g/mol. The molecule has 1 aromatic carbocycles. The smallest absolute Gasteiger partial charge is 0.246 e. The van der Waals surface area contributed by atoms with E-state index < -0.39 is 0 Å². The van der Waals surface area contributed by atoms with Gasteiger partial charge in [0.05, 0.1) is 27.0 Å². The molecule has 0 atom stereocenters. The number of amides is 1. The van der Waals surface area contributed by atoms with Gasteiger partial charge in [-0.15, -0.1) is 0 Å². The van der Waals surface area contributed by atoms with Crippen molar-refractivity contribution in [3.63, 3.8) is 0 Å². The lowest BCUT2D eigenvalue weighted by Gasteiger charge is -2.13. The topological polar surface area (TPSA) is 51.9 Å². The summed E-state index contributed by atoms with van der Waals surface area (Å²) in [7, 11) is 4.90. The number of likely N-dealkylation sites (N-methyl/N-ethyl adjacent to an activating group) is 1. The number of methoxy groups -OCH3 is 2. The number of hydrogen-bond donors (Lipinski definition) is 0. The van der Waals surface area contributed by atoms with Crippen molar-refractivity contribution in [2.45, 2.75) is 6.54 Å². The number of benzene rings is 1. The molecule has 0 fully saturated rings. The molecule has 2 aromatic rings. The second kappa shape index (κ2) is 7.36. The maximum absolute atomic E-state index is 12.1. The first-order valence-electron chi connectivity index (χ1n) is 6.81. The molecular weight excluding hydrogens is 282 g/mol. The standard InChI is InChI=1S/C17H19NO4/c1-18(12-15-5-4-10-22-15)17(19)9-7-13-6-8-14(20-2)11-16(13)21-3/h4-11H,12H2,1-3H3/b9-7+. The van der Waals surface area contributed by atoms with Crippen LogP contribution < -0.4 is 9.47 Å². The van der Waals surface area contributed by atoms with Gasteiger partial charge in [0.25, 0.3) is 0 Å². The Kier molecular flexibility index (Phi) is 5.25. The summed E-state index contributed by atoms with van der Waals surface area (Å²) in [5, 5.41) is 0. The molecular formula is C17H19NO4. The maximum atomic E-state index is 12.1. The second-order valence-electron chi connectivity index (χ2n) is 4.71. The summed E-state index contributed by atoms with van der Waals surface area (Å²) in [6.07, 6.45) is 4.82. The molecule has 116 valence electrons. The van der Waals surface area contributed by atoms with Gasteiger partial charge in [0.15, 0.2) is 0 Å². The fraction of sp³-hybridized carbons (Fsp3) is 0.235. The normalized spacial score (nSPS) is 10.7. The van der Waals surface area contributed by atoms with Gasteiger partial charge in [-0.05, 0) is 30.3 Å². The zero-order chi connectivity index (χ0) is 15.9. The molecule has 2 rings (SSSR count). The van der Waals surface area contributed by atoms with Crippen molar-refractivity contribution in [3.8, 4) is 11.5 Å². The van der Waals surface area contributed by atoms with Crippen LogP contribution in [0.4, 0.5) is 0 Å². The largest absolute Gasteiger partial charge is 0.497 e. The van der Waals surface area contributed by atoms with Gasteiger partial charge in [-0.25, -0.2) is 0 Å². The van der Waals surface area contributed by atoms with Gasteiger partial charge in [-0.2, -0.15) is 0 Å². The highest BCUT2D eigenvalue weighted by Crippen LogP contribution is 2.25. The molecule has 0 aliphatic carbocycles. The highest BCUT2D eigenvalue weighted by atomic mass is 16.5. The van der Waals surface area contributed by atoms with Crippen molar-refractivity contribution in [2.24, 2.45) is 0 Å². The quantitative estimate of drug-likeness (QED) is 0.770. The SMILES string of the molecule is COc1ccc(/C=C/C(=O)N(C)Cc2ccco2)c(OC)c1. The van der Waals surface area contributed by atoms with Crippen LogP contribution in [-0.2, 0) is 11.3 Å². The Bertz CT molecular complexity index is 647. The molecule has 0 bridgehead atoms. The van der Waals surface area contributed by atoms with Crippen LogP contribution in [0.15, 0.2) is 47.1 Å². The van der Waals surface area contributed by atoms with E-state index in [-0.39, 0.29) is 5.91 Å². The van der Waals surface area contributed by atoms with Crippen molar-refractivity contribution in [3.05, 3.63) is 54.0 Å². The average molecular weight is 301 g/mol. The Morgan fingerprint density at radius 1 is 1.27 bits per heavy atom. The van der Waals surface area contributed by atoms with Crippen LogP contribution in [0.1, 0.15) is 11.3 Å². The fourth-order valence-electron chi connectivity index (χ4n) is 1.96. The molecule has 0 aliphatic heterocycles. The van der Waals surface area contributed by atoms with Gasteiger partial charge in [0.1, 0.15) is 17.3 Å². The van der Waals surface area contributed by atoms with Gasteiger partial charge in [-0.1, -0.05) is 0 Å². The van der Waals surface area contributed by atoms with Gasteiger partial charge >= 0.3 is 0 Å². The minimum absolute atomic E-state index is 0.116. The van der Waals surface area contributed by atoms with E-state index in [0.29, 0.717) is 18.0 Å². The van der Waals surface area contributed by atoms with Gasteiger partial charge in [0, 0.05) is 24.8 Å². The van der Waals surface area contributed by atoms with Crippen molar-refractivity contribution >= 4 is 12.0 Å². The number of carbonyl (C=O) groups excluding carboxylic acids is 1. The third-order valence-electron chi connectivity index (χ3n) is 3.20. The summed E-state index contributed by atoms with van der Waals surface area (Å²) in [4.78, 5) is 13.7. The molecule has 5 nitrogen and oxygen atoms in total. The molecule has 1 heterocycles. The summed E-state index contributed by atoms with van der Waals surface area (Å²) >= 11 is 0. The minimum Gasteiger partial charge on any atom is -0.497 e. The maximum Gasteiger partial charge on any atom is 0.246 e. The number of hydrogen-bond acceptors (Lipinski definition) is 4. The number of nitrogens with zero attached hydrogens (tertiary/aromatic N) is 1. The molecule has 0 aliphatic rings. The molecule has 0 spiro atoms. The van der Waals surface area contributed by atoms with Crippen molar-refractivity contribution < 1.29 is 18.7 Å². The first-order chi connectivity index (χ1) is 10.6. The summed E-state index contributed by atoms with van der Waals surface area (Å²) in [6.45, 7) is 0.427. The first kappa shape index (κ1) is 15.7. The predicted molar refractivity (Wildman–Crippen MR) is 83.8 cm³/mol. The minimum atomic E-state index is -0.116. The Balaban J connectivity index is 2.05. The Morgan fingerprint density at radius 2 is 2.09 bits per heavy atom. The molecule has 0 N–H and O–H groups in total. The number of ether oxygens (including phenoxy) is 2. The molecule has 22 heavy (non-hydrogen) atoms. The zero-order valence-electron chi connectivity index (χ0n) is 12.9. The highest BCUT2D eigenvalue weighted by Gasteiger charge is 2.08. The highest BCUT2D eigenvalue weighted by molar-refractivity contribution is 5.92. The van der Waals surface area contributed by atoms with E-state index in [0.717, 1.165) is 11.3 Å². The number of furan rings is 1. The van der Waals surface area contributed by atoms with Crippen molar-refractivity contribution in [1.29, 1.82) is 0 Å². The van der Waals surface area contributed by atoms with Crippen molar-refractivity contribution in [1.82, 2.24) is 4.90 Å². The van der Waals surface area contributed by atoms with E-state index in [4.69, 9.17) is 13.9 Å². The molecule has 5 heteroatoms. The van der Waals surface area contributed by atoms with Crippen LogP contribution in [0.25, 0.3) is 6.08 Å². The predicted octanol–water partition coefficient (Wildman–Crippen LogP) is 2.97. The van der Waals surface area contributed by atoms with Crippen LogP contribution >= 0.6 is 0 Å². The Labute approximate surface area is 129 Å². The number of rotatable bonds is 6. The summed E-state index contributed by atoms with van der Waals surface area (Å²) in [5.74, 6) is 1.98. The van der Waals surface area contributed by atoms with E-state index in [1.807, 2.05) is 18.2 Å². The second-order valence-corrected chi connectivity index (χ2v) is 4.71. The lowest BCUT2D eigenvalue weighted by Crippen LogP contribution is -2.23. The van der Waals surface area contributed by atoms with Crippen LogP contribution in [0, 0.1) is 0 Å². The summed E-state index contributed by atoms with van der Waals surface area (Å²) < 4.78 is 15.7. The third-order valence-corrected chi connectivity index (χ3v) is 3.20. The summed E-state index contributed by atoms with van der Waals surface area (Å²) in [5.41, 5.74) is 0.808. The van der Waals surface area contributed by atoms with E-state index in [1.165, 1.54) is 6.08 Å². The molecule has 0 saturated carbocycles. The van der Waals surface area contributed by atoms with Crippen LogP contribution in [0.5, 0.6) is 11.5 Å². The third kappa shape index (κ3) is 3.91. The van der Waals surface area contributed by atoms with Crippen LogP contribution in [0.2, 0.25) is 0 Å². The lowest BCUT2D eigenvalue weighted by atomic mass is 10.1. The van der Waals surface area contributed by atoms with E-state index >= 15 is 0 Å². The molecule has 0 saturated heterocycles. The van der Waals surface area contributed by atoms with E-state index in [1.54, 1.807) is 50.6 Å². The van der Waals surface area contributed by atoms with Gasteiger partial charge < -0.3 is 18.8 Å². The van der Waals surface area contributed by atoms with Crippen LogP contribution in [-0.4, -0.2) is 32.1 Å². The molecule has 1 aromatic heterocycles. The number of carbonyl (C=O) groups is 1.